The summed E-state index contributed by atoms with van der Waals surface area (Å²) in [5.41, 5.74) is 5.88. The minimum absolute atomic E-state index is 0.186. The highest BCUT2D eigenvalue weighted by Gasteiger charge is 2.27. The van der Waals surface area contributed by atoms with Gasteiger partial charge in [0.15, 0.2) is 6.73 Å². The van der Waals surface area contributed by atoms with Crippen molar-refractivity contribution in [1.29, 1.82) is 0 Å². The molecule has 2 unspecified atom stereocenters. The molecule has 0 radical (unpaired) electrons. The lowest BCUT2D eigenvalue weighted by Crippen LogP contribution is -2.44. The SMILES string of the molecule is C1=CC2CN(c3ccc(Oc4ccc(Cc5ccc(Oc6ccc(N7COc8ccccc8C7)cc6)cc5)cc4)cc3)COC2C=C1. The Kier molecular flexibility index (Phi) is 8.08. The highest BCUT2D eigenvalue weighted by atomic mass is 16.5. The normalized spacial score (nSPS) is 18.2. The van der Waals surface area contributed by atoms with E-state index in [1.165, 1.54) is 16.7 Å². The molecule has 0 N–H and O–H groups in total. The highest BCUT2D eigenvalue weighted by Crippen LogP contribution is 2.32. The largest absolute Gasteiger partial charge is 0.473 e. The first-order valence-electron chi connectivity index (χ1n) is 16.1. The van der Waals surface area contributed by atoms with E-state index in [9.17, 15) is 0 Å². The van der Waals surface area contributed by atoms with Gasteiger partial charge in [-0.05, 0) is 96.4 Å². The minimum atomic E-state index is 0.186. The number of rotatable bonds is 8. The second-order valence-corrected chi connectivity index (χ2v) is 12.2. The first-order valence-corrected chi connectivity index (χ1v) is 16.1. The number of hydrogen-bond donors (Lipinski definition) is 0. The second kappa shape index (κ2) is 13.1. The van der Waals surface area contributed by atoms with Gasteiger partial charge in [0.2, 0.25) is 0 Å². The van der Waals surface area contributed by atoms with Gasteiger partial charge in [0.05, 0.1) is 6.10 Å². The summed E-state index contributed by atoms with van der Waals surface area (Å²) < 4.78 is 24.2. The first kappa shape index (κ1) is 29.0. The minimum Gasteiger partial charge on any atom is -0.473 e. The van der Waals surface area contributed by atoms with Crippen LogP contribution in [0.4, 0.5) is 11.4 Å². The molecule has 2 heterocycles. The Bertz CT molecular complexity index is 1870. The van der Waals surface area contributed by atoms with Gasteiger partial charge in [0.1, 0.15) is 35.5 Å². The van der Waals surface area contributed by atoms with Crippen LogP contribution in [-0.4, -0.2) is 26.1 Å². The average molecular weight is 621 g/mol. The van der Waals surface area contributed by atoms with Gasteiger partial charge in [0, 0.05) is 35.9 Å². The average Bonchev–Trinajstić information content (AvgIpc) is 3.13. The molecule has 5 aromatic carbocycles. The molecular formula is C41H36N2O4. The summed E-state index contributed by atoms with van der Waals surface area (Å²) in [7, 11) is 0. The molecule has 1 fully saturated rings. The van der Waals surface area contributed by atoms with Gasteiger partial charge in [-0.15, -0.1) is 0 Å². The Morgan fingerprint density at radius 3 is 1.77 bits per heavy atom. The Morgan fingerprint density at radius 2 is 1.13 bits per heavy atom. The number of hydrogen-bond acceptors (Lipinski definition) is 6. The predicted octanol–water partition coefficient (Wildman–Crippen LogP) is 9.12. The number of para-hydroxylation sites is 1. The maximum atomic E-state index is 6.14. The van der Waals surface area contributed by atoms with Crippen molar-refractivity contribution in [3.05, 3.63) is 162 Å². The van der Waals surface area contributed by atoms with E-state index in [2.05, 4.69) is 88.7 Å². The van der Waals surface area contributed by atoms with Crippen molar-refractivity contribution in [3.63, 3.8) is 0 Å². The lowest BCUT2D eigenvalue weighted by Gasteiger charge is -2.38. The van der Waals surface area contributed by atoms with Crippen LogP contribution in [0.15, 0.2) is 146 Å². The summed E-state index contributed by atoms with van der Waals surface area (Å²) in [4.78, 5) is 4.48. The first-order chi connectivity index (χ1) is 23.2. The summed E-state index contributed by atoms with van der Waals surface area (Å²) >= 11 is 0. The van der Waals surface area contributed by atoms with Crippen LogP contribution in [0.1, 0.15) is 16.7 Å². The molecule has 6 heteroatoms. The smallest absolute Gasteiger partial charge is 0.161 e. The van der Waals surface area contributed by atoms with Crippen molar-refractivity contribution in [2.45, 2.75) is 19.1 Å². The zero-order chi connectivity index (χ0) is 31.4. The molecule has 6 nitrogen and oxygen atoms in total. The van der Waals surface area contributed by atoms with Crippen molar-refractivity contribution in [2.24, 2.45) is 5.92 Å². The summed E-state index contributed by atoms with van der Waals surface area (Å²) in [5, 5.41) is 0. The molecule has 1 saturated heterocycles. The Balaban J connectivity index is 0.823. The van der Waals surface area contributed by atoms with Gasteiger partial charge in [-0.1, -0.05) is 66.8 Å². The number of anilines is 2. The molecular weight excluding hydrogens is 584 g/mol. The van der Waals surface area contributed by atoms with Crippen LogP contribution in [0.25, 0.3) is 0 Å². The molecule has 5 aromatic rings. The molecule has 0 aromatic heterocycles. The maximum Gasteiger partial charge on any atom is 0.161 e. The molecule has 2 atom stereocenters. The molecule has 1 aliphatic carbocycles. The number of ether oxygens (including phenoxy) is 4. The lowest BCUT2D eigenvalue weighted by molar-refractivity contribution is 0.0300. The van der Waals surface area contributed by atoms with Gasteiger partial charge in [-0.3, -0.25) is 0 Å². The van der Waals surface area contributed by atoms with Crippen molar-refractivity contribution >= 4 is 11.4 Å². The van der Waals surface area contributed by atoms with Crippen molar-refractivity contribution in [3.8, 4) is 28.7 Å². The third-order valence-corrected chi connectivity index (χ3v) is 8.89. The molecule has 3 aliphatic rings. The Labute approximate surface area is 275 Å². The summed E-state index contributed by atoms with van der Waals surface area (Å²) in [6, 6.07) is 41.2. The second-order valence-electron chi connectivity index (χ2n) is 12.2. The molecule has 47 heavy (non-hydrogen) atoms. The number of fused-ring (bicyclic) bond motifs is 2. The van der Waals surface area contributed by atoms with Crippen LogP contribution in [0.3, 0.4) is 0 Å². The fraction of sp³-hybridized carbons (Fsp3) is 0.171. The lowest BCUT2D eigenvalue weighted by atomic mass is 9.95. The molecule has 0 bridgehead atoms. The zero-order valence-corrected chi connectivity index (χ0v) is 26.1. The third kappa shape index (κ3) is 6.74. The van der Waals surface area contributed by atoms with Crippen molar-refractivity contribution in [1.82, 2.24) is 0 Å². The van der Waals surface area contributed by atoms with Gasteiger partial charge < -0.3 is 28.7 Å². The summed E-state index contributed by atoms with van der Waals surface area (Å²) in [6.07, 6.45) is 9.56. The number of allylic oxidation sites excluding steroid dienone is 2. The fourth-order valence-corrected chi connectivity index (χ4v) is 6.29. The van der Waals surface area contributed by atoms with E-state index in [-0.39, 0.29) is 6.10 Å². The molecule has 2 aliphatic heterocycles. The highest BCUT2D eigenvalue weighted by molar-refractivity contribution is 5.53. The Hall–Kier alpha value is -5.46. The molecule has 0 spiro atoms. The third-order valence-electron chi connectivity index (χ3n) is 8.89. The monoisotopic (exact) mass is 620 g/mol. The van der Waals surface area contributed by atoms with Crippen LogP contribution in [0.2, 0.25) is 0 Å². The molecule has 0 saturated carbocycles. The predicted molar refractivity (Wildman–Crippen MR) is 186 cm³/mol. The fourth-order valence-electron chi connectivity index (χ4n) is 6.29. The van der Waals surface area contributed by atoms with Crippen molar-refractivity contribution < 1.29 is 18.9 Å². The van der Waals surface area contributed by atoms with E-state index in [4.69, 9.17) is 18.9 Å². The van der Waals surface area contributed by atoms with E-state index in [0.29, 0.717) is 19.4 Å². The molecule has 234 valence electrons. The van der Waals surface area contributed by atoms with E-state index < -0.39 is 0 Å². The quantitative estimate of drug-likeness (QED) is 0.172. The van der Waals surface area contributed by atoms with Crippen molar-refractivity contribution in [2.75, 3.05) is 29.8 Å². The molecule has 8 rings (SSSR count). The standard InChI is InChI=1S/C41H36N2O4/c1-3-7-40-32(5-1)26-42(28-44-40)34-13-21-38(22-14-34)46-36-17-9-30(10-18-36)25-31-11-19-37(20-12-31)47-39-23-15-35(16-24-39)43-27-33-6-2-4-8-41(33)45-29-43/h1-24,32,40H,25-29H2. The van der Waals surface area contributed by atoms with Gasteiger partial charge >= 0.3 is 0 Å². The summed E-state index contributed by atoms with van der Waals surface area (Å²) in [6.45, 7) is 2.91. The van der Waals surface area contributed by atoms with Crippen LogP contribution >= 0.6 is 0 Å². The molecule has 0 amide bonds. The topological polar surface area (TPSA) is 43.4 Å². The van der Waals surface area contributed by atoms with Crippen LogP contribution in [0, 0.1) is 5.92 Å². The van der Waals surface area contributed by atoms with E-state index in [1.807, 2.05) is 66.7 Å². The van der Waals surface area contributed by atoms with E-state index >= 15 is 0 Å². The van der Waals surface area contributed by atoms with Gasteiger partial charge in [-0.25, -0.2) is 0 Å². The number of nitrogens with zero attached hydrogens (tertiary/aromatic N) is 2. The summed E-state index contributed by atoms with van der Waals surface area (Å²) in [5.74, 6) is 4.60. The van der Waals surface area contributed by atoms with Gasteiger partial charge in [-0.2, -0.15) is 0 Å². The zero-order valence-electron chi connectivity index (χ0n) is 26.1. The van der Waals surface area contributed by atoms with Crippen LogP contribution < -0.4 is 24.0 Å². The van der Waals surface area contributed by atoms with Gasteiger partial charge in [0.25, 0.3) is 0 Å². The van der Waals surface area contributed by atoms with Crippen LogP contribution in [-0.2, 0) is 17.7 Å². The Morgan fingerprint density at radius 1 is 0.574 bits per heavy atom. The van der Waals surface area contributed by atoms with E-state index in [0.717, 1.165) is 59.6 Å². The van der Waals surface area contributed by atoms with E-state index in [1.54, 1.807) is 0 Å². The number of benzene rings is 5. The maximum absolute atomic E-state index is 6.14. The van der Waals surface area contributed by atoms with Crippen LogP contribution in [0.5, 0.6) is 28.7 Å².